The van der Waals surface area contributed by atoms with Crippen LogP contribution in [0.1, 0.15) is 28.0 Å². The third kappa shape index (κ3) is 4.03. The van der Waals surface area contributed by atoms with Gasteiger partial charge in [0.2, 0.25) is 0 Å². The van der Waals surface area contributed by atoms with Crippen LogP contribution >= 0.6 is 0 Å². The van der Waals surface area contributed by atoms with Gasteiger partial charge >= 0.3 is 0 Å². The lowest BCUT2D eigenvalue weighted by Gasteiger charge is -2.29. The molecule has 0 fully saturated rings. The van der Waals surface area contributed by atoms with Crippen molar-refractivity contribution < 1.29 is 9.18 Å². The van der Waals surface area contributed by atoms with Crippen LogP contribution in [0.25, 0.3) is 0 Å². The number of carbonyl (C=O) groups excluding carboxylic acids is 1. The molecule has 0 spiro atoms. The maximum atomic E-state index is 12.9. The summed E-state index contributed by atoms with van der Waals surface area (Å²) in [5.74, 6) is -0.289. The molecular formula is C23H22FN3O. The molecule has 0 aliphatic carbocycles. The highest BCUT2D eigenvalue weighted by Gasteiger charge is 2.23. The van der Waals surface area contributed by atoms with Crippen LogP contribution in [0.15, 0.2) is 66.9 Å². The van der Waals surface area contributed by atoms with Crippen LogP contribution in [-0.2, 0) is 12.8 Å². The van der Waals surface area contributed by atoms with Gasteiger partial charge in [-0.15, -0.1) is 0 Å². The van der Waals surface area contributed by atoms with E-state index in [2.05, 4.69) is 16.4 Å². The summed E-state index contributed by atoms with van der Waals surface area (Å²) < 4.78 is 12.9. The maximum Gasteiger partial charge on any atom is 0.276 e. The summed E-state index contributed by atoms with van der Waals surface area (Å²) in [6.07, 6.45) is 4.44. The van der Waals surface area contributed by atoms with E-state index in [1.165, 1.54) is 17.7 Å². The third-order valence-corrected chi connectivity index (χ3v) is 4.99. The van der Waals surface area contributed by atoms with Gasteiger partial charge in [-0.05, 0) is 60.7 Å². The van der Waals surface area contributed by atoms with Crippen molar-refractivity contribution in [1.29, 1.82) is 0 Å². The molecule has 142 valence electrons. The Kier molecular flexibility index (Phi) is 5.33. The molecular weight excluding hydrogens is 353 g/mol. The largest absolute Gasteiger partial charge is 0.383 e. The quantitative estimate of drug-likeness (QED) is 0.716. The van der Waals surface area contributed by atoms with Gasteiger partial charge in [0.1, 0.15) is 11.5 Å². The lowest BCUT2D eigenvalue weighted by Crippen LogP contribution is -2.35. The van der Waals surface area contributed by atoms with Crippen LogP contribution in [0.4, 0.5) is 15.8 Å². The molecule has 1 N–H and O–H groups in total. The lowest BCUT2D eigenvalue weighted by atomic mass is 10.0. The predicted octanol–water partition coefficient (Wildman–Crippen LogP) is 4.47. The summed E-state index contributed by atoms with van der Waals surface area (Å²) in [5, 5.41) is 3.29. The Morgan fingerprint density at radius 2 is 1.89 bits per heavy atom. The van der Waals surface area contributed by atoms with Crippen molar-refractivity contribution >= 4 is 17.3 Å². The van der Waals surface area contributed by atoms with Crippen molar-refractivity contribution in [2.45, 2.75) is 19.3 Å². The number of benzene rings is 2. The maximum absolute atomic E-state index is 12.9. The summed E-state index contributed by atoms with van der Waals surface area (Å²) in [6, 6.07) is 18.2. The number of para-hydroxylation sites is 1. The van der Waals surface area contributed by atoms with Crippen molar-refractivity contribution in [3.63, 3.8) is 0 Å². The number of nitrogens with one attached hydrogen (secondary N) is 1. The molecule has 28 heavy (non-hydrogen) atoms. The standard InChI is InChI=1S/C23H22FN3O/c24-19-9-7-17(8-10-19)13-14-25-20-11-12-21(26-16-20)23(28)27-15-3-5-18-4-1-2-6-22(18)27/h1-2,4,6-12,16,25H,3,5,13-15H2. The fraction of sp³-hybridized carbons (Fsp3) is 0.217. The number of fused-ring (bicyclic) bond motifs is 1. The zero-order valence-corrected chi connectivity index (χ0v) is 15.6. The molecule has 0 unspecified atom stereocenters. The van der Waals surface area contributed by atoms with Crippen LogP contribution < -0.4 is 10.2 Å². The molecule has 0 saturated carbocycles. The Morgan fingerprint density at radius 3 is 2.68 bits per heavy atom. The molecule has 4 rings (SSSR count). The average Bonchev–Trinajstić information content (AvgIpc) is 2.75. The number of amides is 1. The molecule has 0 radical (unpaired) electrons. The summed E-state index contributed by atoms with van der Waals surface area (Å²) in [6.45, 7) is 1.43. The van der Waals surface area contributed by atoms with Gasteiger partial charge in [-0.3, -0.25) is 4.79 Å². The minimum absolute atomic E-state index is 0.0648. The Hall–Kier alpha value is -3.21. The van der Waals surface area contributed by atoms with Gasteiger partial charge in [0.05, 0.1) is 11.9 Å². The summed E-state index contributed by atoms with van der Waals surface area (Å²) in [4.78, 5) is 19.1. The van der Waals surface area contributed by atoms with E-state index in [4.69, 9.17) is 0 Å². The number of halogens is 1. The van der Waals surface area contributed by atoms with Gasteiger partial charge in [0.15, 0.2) is 0 Å². The second-order valence-corrected chi connectivity index (χ2v) is 6.92. The zero-order valence-electron chi connectivity index (χ0n) is 15.6. The number of carbonyl (C=O) groups is 1. The molecule has 0 atom stereocenters. The number of aryl methyl sites for hydroxylation is 1. The first-order valence-electron chi connectivity index (χ1n) is 9.55. The third-order valence-electron chi connectivity index (χ3n) is 4.99. The number of hydrogen-bond donors (Lipinski definition) is 1. The number of anilines is 2. The fourth-order valence-corrected chi connectivity index (χ4v) is 3.51. The van der Waals surface area contributed by atoms with Gasteiger partial charge in [-0.1, -0.05) is 30.3 Å². The van der Waals surface area contributed by atoms with Crippen LogP contribution in [0.3, 0.4) is 0 Å². The highest BCUT2D eigenvalue weighted by Crippen LogP contribution is 2.27. The molecule has 5 heteroatoms. The van der Waals surface area contributed by atoms with Crippen LogP contribution in [0.2, 0.25) is 0 Å². The summed E-state index contributed by atoms with van der Waals surface area (Å²) in [5.41, 5.74) is 4.57. The average molecular weight is 375 g/mol. The first kappa shape index (κ1) is 18.2. The van der Waals surface area contributed by atoms with E-state index in [0.29, 0.717) is 12.2 Å². The zero-order chi connectivity index (χ0) is 19.3. The van der Waals surface area contributed by atoms with Crippen LogP contribution in [0.5, 0.6) is 0 Å². The molecule has 1 aliphatic heterocycles. The Labute approximate surface area is 164 Å². The second kappa shape index (κ2) is 8.21. The van der Waals surface area contributed by atoms with Crippen molar-refractivity contribution in [2.75, 3.05) is 23.3 Å². The van der Waals surface area contributed by atoms with Gasteiger partial charge in [0, 0.05) is 18.8 Å². The molecule has 4 nitrogen and oxygen atoms in total. The van der Waals surface area contributed by atoms with Crippen LogP contribution in [-0.4, -0.2) is 24.0 Å². The highest BCUT2D eigenvalue weighted by molar-refractivity contribution is 6.05. The van der Waals surface area contributed by atoms with E-state index >= 15 is 0 Å². The normalized spacial score (nSPS) is 13.1. The molecule has 0 bridgehead atoms. The second-order valence-electron chi connectivity index (χ2n) is 6.92. The van der Waals surface area contributed by atoms with Crippen molar-refractivity contribution in [3.8, 4) is 0 Å². The molecule has 1 amide bonds. The molecule has 2 heterocycles. The number of rotatable bonds is 5. The van der Waals surface area contributed by atoms with E-state index in [1.54, 1.807) is 24.4 Å². The van der Waals surface area contributed by atoms with E-state index in [1.807, 2.05) is 29.2 Å². The molecule has 1 aromatic heterocycles. The minimum Gasteiger partial charge on any atom is -0.383 e. The molecule has 1 aliphatic rings. The van der Waals surface area contributed by atoms with E-state index in [-0.39, 0.29) is 11.7 Å². The first-order valence-corrected chi connectivity index (χ1v) is 9.55. The van der Waals surface area contributed by atoms with Gasteiger partial charge in [-0.2, -0.15) is 0 Å². The summed E-state index contributed by atoms with van der Waals surface area (Å²) >= 11 is 0. The van der Waals surface area contributed by atoms with E-state index in [9.17, 15) is 9.18 Å². The number of pyridine rings is 1. The molecule has 0 saturated heterocycles. The first-order chi connectivity index (χ1) is 13.7. The smallest absolute Gasteiger partial charge is 0.276 e. The van der Waals surface area contributed by atoms with E-state index < -0.39 is 0 Å². The minimum atomic E-state index is -0.225. The van der Waals surface area contributed by atoms with E-state index in [0.717, 1.165) is 42.7 Å². The van der Waals surface area contributed by atoms with Crippen molar-refractivity contribution in [1.82, 2.24) is 4.98 Å². The molecule has 2 aromatic carbocycles. The Bertz CT molecular complexity index is 954. The van der Waals surface area contributed by atoms with Crippen molar-refractivity contribution in [2.24, 2.45) is 0 Å². The van der Waals surface area contributed by atoms with Gasteiger partial charge in [-0.25, -0.2) is 9.37 Å². The van der Waals surface area contributed by atoms with Gasteiger partial charge < -0.3 is 10.2 Å². The Morgan fingerprint density at radius 1 is 1.07 bits per heavy atom. The summed E-state index contributed by atoms with van der Waals surface area (Å²) in [7, 11) is 0. The highest BCUT2D eigenvalue weighted by atomic mass is 19.1. The monoisotopic (exact) mass is 375 g/mol. The predicted molar refractivity (Wildman–Crippen MR) is 109 cm³/mol. The fourth-order valence-electron chi connectivity index (χ4n) is 3.51. The van der Waals surface area contributed by atoms with Crippen LogP contribution in [0, 0.1) is 5.82 Å². The number of nitrogens with zero attached hydrogens (tertiary/aromatic N) is 2. The topological polar surface area (TPSA) is 45.2 Å². The SMILES string of the molecule is O=C(c1ccc(NCCc2ccc(F)cc2)cn1)N1CCCc2ccccc21. The molecule has 3 aromatic rings. The number of aromatic nitrogens is 1. The number of hydrogen-bond acceptors (Lipinski definition) is 3. The van der Waals surface area contributed by atoms with Gasteiger partial charge in [0.25, 0.3) is 5.91 Å². The Balaban J connectivity index is 1.38. The van der Waals surface area contributed by atoms with Crippen molar-refractivity contribution in [3.05, 3.63) is 89.5 Å². The lowest BCUT2D eigenvalue weighted by molar-refractivity contribution is 0.0980.